The van der Waals surface area contributed by atoms with Crippen molar-refractivity contribution in [2.75, 3.05) is 33.1 Å². The maximum atomic E-state index is 12.2. The van der Waals surface area contributed by atoms with Gasteiger partial charge >= 0.3 is 0 Å². The second-order valence-corrected chi connectivity index (χ2v) is 9.39. The lowest BCUT2D eigenvalue weighted by Gasteiger charge is -2.15. The van der Waals surface area contributed by atoms with Gasteiger partial charge in [0.25, 0.3) is 5.91 Å². The topological polar surface area (TPSA) is 93.7 Å². The van der Waals surface area contributed by atoms with Gasteiger partial charge in [-0.1, -0.05) is 23.7 Å². The van der Waals surface area contributed by atoms with E-state index in [1.807, 2.05) is 37.4 Å². The number of carbonyl (C=O) groups excluding carboxylic acids is 1. The van der Waals surface area contributed by atoms with Gasteiger partial charge in [0.15, 0.2) is 6.61 Å². The number of ether oxygens (including phenoxy) is 2. The van der Waals surface area contributed by atoms with Crippen LogP contribution in [0.4, 0.5) is 0 Å². The molecule has 0 aliphatic carbocycles. The maximum Gasteiger partial charge on any atom is 0.258 e. The Morgan fingerprint density at radius 1 is 1.20 bits per heavy atom. The number of halogens is 1. The van der Waals surface area contributed by atoms with E-state index in [2.05, 4.69) is 10.0 Å². The van der Waals surface area contributed by atoms with Crippen LogP contribution in [0.25, 0.3) is 0 Å². The highest BCUT2D eigenvalue weighted by atomic mass is 35.5. The third-order valence-corrected chi connectivity index (χ3v) is 6.66. The summed E-state index contributed by atoms with van der Waals surface area (Å²) >= 11 is 7.79. The molecule has 30 heavy (non-hydrogen) atoms. The van der Waals surface area contributed by atoms with E-state index >= 15 is 0 Å². The Labute approximate surface area is 186 Å². The highest BCUT2D eigenvalue weighted by Gasteiger charge is 2.16. The number of amides is 1. The molecule has 164 valence electrons. The lowest BCUT2D eigenvalue weighted by atomic mass is 10.1. The van der Waals surface area contributed by atoms with Crippen LogP contribution in [0, 0.1) is 0 Å². The van der Waals surface area contributed by atoms with Gasteiger partial charge in [0.05, 0.1) is 22.6 Å². The van der Waals surface area contributed by atoms with Crippen molar-refractivity contribution in [2.45, 2.75) is 22.8 Å². The predicted molar refractivity (Wildman–Crippen MR) is 119 cm³/mol. The smallest absolute Gasteiger partial charge is 0.258 e. The molecule has 10 heteroatoms. The highest BCUT2D eigenvalue weighted by molar-refractivity contribution is 7.98. The van der Waals surface area contributed by atoms with Gasteiger partial charge in [-0.3, -0.25) is 4.79 Å². The van der Waals surface area contributed by atoms with Crippen LogP contribution < -0.4 is 14.8 Å². The molecule has 0 radical (unpaired) electrons. The number of benzene rings is 2. The van der Waals surface area contributed by atoms with E-state index in [-0.39, 0.29) is 47.4 Å². The summed E-state index contributed by atoms with van der Waals surface area (Å²) in [5, 5.41) is 2.95. The zero-order valence-electron chi connectivity index (χ0n) is 17.0. The molecule has 2 rings (SSSR count). The van der Waals surface area contributed by atoms with Crippen molar-refractivity contribution in [3.05, 3.63) is 53.1 Å². The molecule has 0 spiro atoms. The Kier molecular flexibility index (Phi) is 9.44. The molecule has 0 aliphatic rings. The molecule has 2 aromatic rings. The Morgan fingerprint density at radius 3 is 2.50 bits per heavy atom. The molecule has 2 aromatic carbocycles. The Morgan fingerprint density at radius 2 is 1.90 bits per heavy atom. The molecular weight excluding hydrogens is 448 g/mol. The van der Waals surface area contributed by atoms with Gasteiger partial charge in [0.1, 0.15) is 5.75 Å². The van der Waals surface area contributed by atoms with Crippen LogP contribution in [-0.4, -0.2) is 47.4 Å². The van der Waals surface area contributed by atoms with E-state index in [0.29, 0.717) is 0 Å². The van der Waals surface area contributed by atoms with Crippen molar-refractivity contribution in [1.29, 1.82) is 0 Å². The maximum absolute atomic E-state index is 12.2. The van der Waals surface area contributed by atoms with E-state index in [1.54, 1.807) is 11.8 Å². The minimum absolute atomic E-state index is 0.00252. The van der Waals surface area contributed by atoms with Gasteiger partial charge in [0.2, 0.25) is 10.0 Å². The average molecular weight is 473 g/mol. The third-order valence-electron chi connectivity index (χ3n) is 4.16. The first-order valence-corrected chi connectivity index (χ1v) is 12.2. The summed E-state index contributed by atoms with van der Waals surface area (Å²) in [4.78, 5) is 13.4. The fourth-order valence-corrected chi connectivity index (χ4v) is 4.28. The Balaban J connectivity index is 1.92. The van der Waals surface area contributed by atoms with E-state index in [0.717, 1.165) is 10.5 Å². The van der Waals surface area contributed by atoms with E-state index in [9.17, 15) is 13.2 Å². The van der Waals surface area contributed by atoms with Crippen LogP contribution in [0.3, 0.4) is 0 Å². The number of sulfonamides is 1. The number of thioether (sulfide) groups is 1. The molecule has 0 fully saturated rings. The van der Waals surface area contributed by atoms with Crippen LogP contribution >= 0.6 is 23.4 Å². The number of hydrogen-bond acceptors (Lipinski definition) is 6. The number of methoxy groups -OCH3 is 1. The SMILES string of the molecule is COCCNS(=O)(=O)c1ccc(OCC(=O)N[C@H](C)c2ccc(SC)cc2)c(Cl)c1. The lowest BCUT2D eigenvalue weighted by Crippen LogP contribution is -2.31. The van der Waals surface area contributed by atoms with Crippen molar-refractivity contribution in [3.63, 3.8) is 0 Å². The van der Waals surface area contributed by atoms with Gasteiger partial charge in [-0.15, -0.1) is 11.8 Å². The normalized spacial score (nSPS) is 12.4. The summed E-state index contributed by atoms with van der Waals surface area (Å²) in [6.07, 6.45) is 2.00. The van der Waals surface area contributed by atoms with Crippen LogP contribution in [0.1, 0.15) is 18.5 Å². The van der Waals surface area contributed by atoms with Gasteiger partial charge in [-0.05, 0) is 49.1 Å². The minimum Gasteiger partial charge on any atom is -0.482 e. The summed E-state index contributed by atoms with van der Waals surface area (Å²) in [5.41, 5.74) is 0.981. The van der Waals surface area contributed by atoms with Gasteiger partial charge in [-0.25, -0.2) is 13.1 Å². The zero-order valence-corrected chi connectivity index (χ0v) is 19.4. The number of nitrogens with one attached hydrogen (secondary N) is 2. The molecule has 0 aromatic heterocycles. The number of hydrogen-bond donors (Lipinski definition) is 2. The molecule has 7 nitrogen and oxygen atoms in total. The quantitative estimate of drug-likeness (QED) is 0.385. The minimum atomic E-state index is -3.71. The first kappa shape index (κ1) is 24.5. The lowest BCUT2D eigenvalue weighted by molar-refractivity contribution is -0.123. The molecule has 1 amide bonds. The zero-order chi connectivity index (χ0) is 22.1. The van der Waals surface area contributed by atoms with E-state index in [4.69, 9.17) is 21.1 Å². The molecule has 1 atom stereocenters. The van der Waals surface area contributed by atoms with E-state index < -0.39 is 10.0 Å². The van der Waals surface area contributed by atoms with Gasteiger partial charge in [-0.2, -0.15) is 0 Å². The standard InChI is InChI=1S/C20H25ClN2O5S2/c1-14(15-4-6-16(29-3)7-5-15)23-20(24)13-28-19-9-8-17(12-18(19)21)30(25,26)22-10-11-27-2/h4-9,12,14,22H,10-11,13H2,1-3H3,(H,23,24)/t14-/m1/s1. The van der Waals surface area contributed by atoms with Crippen molar-refractivity contribution in [3.8, 4) is 5.75 Å². The summed E-state index contributed by atoms with van der Waals surface area (Å²) in [7, 11) is -2.22. The molecule has 0 unspecified atom stereocenters. The third kappa shape index (κ3) is 7.17. The monoisotopic (exact) mass is 472 g/mol. The molecular formula is C20H25ClN2O5S2. The Hall–Kier alpha value is -1.78. The second-order valence-electron chi connectivity index (χ2n) is 6.33. The van der Waals surface area contributed by atoms with Gasteiger partial charge in [0, 0.05) is 18.6 Å². The number of carbonyl (C=O) groups is 1. The van der Waals surface area contributed by atoms with Crippen molar-refractivity contribution < 1.29 is 22.7 Å². The molecule has 2 N–H and O–H groups in total. The summed E-state index contributed by atoms with van der Waals surface area (Å²) in [6.45, 7) is 2.04. The molecule has 0 heterocycles. The largest absolute Gasteiger partial charge is 0.482 e. The molecule has 0 aliphatic heterocycles. The number of rotatable bonds is 11. The van der Waals surface area contributed by atoms with Gasteiger partial charge < -0.3 is 14.8 Å². The first-order valence-electron chi connectivity index (χ1n) is 9.11. The fourth-order valence-electron chi connectivity index (χ4n) is 2.53. The first-order chi connectivity index (χ1) is 14.3. The summed E-state index contributed by atoms with van der Waals surface area (Å²) in [6, 6.07) is 11.8. The predicted octanol–water partition coefficient (Wildman–Crippen LogP) is 3.24. The van der Waals surface area contributed by atoms with E-state index in [1.165, 1.54) is 25.3 Å². The van der Waals surface area contributed by atoms with Crippen LogP contribution in [0.5, 0.6) is 5.75 Å². The second kappa shape index (κ2) is 11.6. The van der Waals surface area contributed by atoms with Crippen LogP contribution in [0.15, 0.2) is 52.3 Å². The summed E-state index contributed by atoms with van der Waals surface area (Å²) < 4.78 is 37.1. The molecule has 0 saturated heterocycles. The van der Waals surface area contributed by atoms with Crippen LogP contribution in [0.2, 0.25) is 5.02 Å². The Bertz CT molecular complexity index is 952. The fraction of sp³-hybridized carbons (Fsp3) is 0.350. The molecule has 0 saturated carbocycles. The highest BCUT2D eigenvalue weighted by Crippen LogP contribution is 2.27. The van der Waals surface area contributed by atoms with Crippen molar-refractivity contribution in [2.24, 2.45) is 0 Å². The van der Waals surface area contributed by atoms with Crippen molar-refractivity contribution >= 4 is 39.3 Å². The average Bonchev–Trinajstić information content (AvgIpc) is 2.73. The molecule has 0 bridgehead atoms. The summed E-state index contributed by atoms with van der Waals surface area (Å²) in [5.74, 6) is -0.0925. The van der Waals surface area contributed by atoms with Crippen LogP contribution in [-0.2, 0) is 19.6 Å². The van der Waals surface area contributed by atoms with Crippen molar-refractivity contribution in [1.82, 2.24) is 10.0 Å².